The highest BCUT2D eigenvalue weighted by atomic mass is 28.2. The summed E-state index contributed by atoms with van der Waals surface area (Å²) in [5.74, 6) is 5.25. The summed E-state index contributed by atoms with van der Waals surface area (Å²) in [4.78, 5) is 0. The number of benzene rings is 1. The van der Waals surface area contributed by atoms with Gasteiger partial charge in [-0.3, -0.25) is 0 Å². The minimum absolute atomic E-state index is 0.132. The Balaban J connectivity index is 2.49. The lowest BCUT2D eigenvalue weighted by molar-refractivity contribution is 0.428. The molecule has 2 rings (SSSR count). The molecule has 0 aromatic heterocycles. The summed E-state index contributed by atoms with van der Waals surface area (Å²) in [7, 11) is -0.132. The van der Waals surface area contributed by atoms with Gasteiger partial charge in [-0.1, -0.05) is 42.2 Å². The van der Waals surface area contributed by atoms with Gasteiger partial charge in [-0.2, -0.15) is 0 Å². The van der Waals surface area contributed by atoms with Gasteiger partial charge in [0.25, 0.3) is 0 Å². The van der Waals surface area contributed by atoms with Crippen molar-refractivity contribution in [2.45, 2.75) is 0 Å². The first-order valence-electron chi connectivity index (χ1n) is 5.57. The Morgan fingerprint density at radius 1 is 1.17 bits per heavy atom. The van der Waals surface area contributed by atoms with Gasteiger partial charge in [0.15, 0.2) is 0 Å². The number of allylic oxidation sites excluding steroid dienone is 3. The molecule has 0 fully saturated rings. The number of hydrogen-bond acceptors (Lipinski definition) is 1. The first-order chi connectivity index (χ1) is 8.74. The third-order valence-corrected chi connectivity index (χ3v) is 4.43. The highest BCUT2D eigenvalue weighted by Crippen LogP contribution is 2.17. The maximum absolute atomic E-state index is 9.59. The molecule has 0 saturated heterocycles. The van der Waals surface area contributed by atoms with Crippen molar-refractivity contribution in [2.75, 3.05) is 0 Å². The Morgan fingerprint density at radius 2 is 1.89 bits per heavy atom. The zero-order chi connectivity index (χ0) is 13.0. The highest BCUT2D eigenvalue weighted by molar-refractivity contribution is 6.70. The van der Waals surface area contributed by atoms with Crippen molar-refractivity contribution < 1.29 is 5.11 Å². The quantitative estimate of drug-likeness (QED) is 0.584. The second-order valence-electron chi connectivity index (χ2n) is 3.95. The summed E-state index contributed by atoms with van der Waals surface area (Å²) >= 11 is 0. The van der Waals surface area contributed by atoms with E-state index in [0.717, 1.165) is 10.7 Å². The second-order valence-corrected chi connectivity index (χ2v) is 5.53. The van der Waals surface area contributed by atoms with Crippen LogP contribution in [0.3, 0.4) is 0 Å². The molecule has 0 aliphatic heterocycles. The monoisotopic (exact) mass is 248 g/mol. The van der Waals surface area contributed by atoms with Crippen LogP contribution in [0.2, 0.25) is 0 Å². The van der Waals surface area contributed by atoms with E-state index in [1.54, 1.807) is 12.2 Å². The molecule has 1 nitrogen and oxygen atoms in total. The third-order valence-electron chi connectivity index (χ3n) is 2.73. The molecular formula is C16H12OSi. The maximum atomic E-state index is 9.59. The Bertz CT molecular complexity index is 621. The summed E-state index contributed by atoms with van der Waals surface area (Å²) in [5.41, 5.74) is 0.719. The molecule has 0 radical (unpaired) electrons. The van der Waals surface area contributed by atoms with Gasteiger partial charge in [0, 0.05) is 14.7 Å². The number of aliphatic hydroxyl groups excluding tert-OH is 1. The minimum atomic E-state index is -0.198. The van der Waals surface area contributed by atoms with Gasteiger partial charge in [-0.05, 0) is 22.5 Å². The molecule has 0 spiro atoms. The molecule has 1 aliphatic carbocycles. The first kappa shape index (κ1) is 12.2. The molecule has 0 bridgehead atoms. The Hall–Kier alpha value is -2.29. The average Bonchev–Trinajstić information content (AvgIpc) is 2.41. The lowest BCUT2D eigenvalue weighted by Crippen LogP contribution is -2.25. The molecule has 1 N–H and O–H groups in total. The van der Waals surface area contributed by atoms with Crippen LogP contribution in [0.4, 0.5) is 0 Å². The summed E-state index contributed by atoms with van der Waals surface area (Å²) < 4.78 is 0. The van der Waals surface area contributed by atoms with Crippen molar-refractivity contribution in [3.05, 3.63) is 53.8 Å². The normalized spacial score (nSPS) is 20.6. The van der Waals surface area contributed by atoms with Gasteiger partial charge < -0.3 is 5.11 Å². The van der Waals surface area contributed by atoms with Crippen molar-refractivity contribution in [1.82, 2.24) is 0 Å². The molecule has 2 heteroatoms. The Morgan fingerprint density at radius 3 is 2.50 bits per heavy atom. The van der Waals surface area contributed by atoms with Gasteiger partial charge in [0.2, 0.25) is 0 Å². The van der Waals surface area contributed by atoms with E-state index < -0.39 is 0 Å². The van der Waals surface area contributed by atoms with Crippen molar-refractivity contribution in [3.8, 4) is 24.7 Å². The number of aliphatic hydroxyl groups is 1. The van der Waals surface area contributed by atoms with Crippen LogP contribution in [0.5, 0.6) is 0 Å². The lowest BCUT2D eigenvalue weighted by atomic mass is 9.94. The van der Waals surface area contributed by atoms with Crippen molar-refractivity contribution in [3.63, 3.8) is 0 Å². The van der Waals surface area contributed by atoms with Gasteiger partial charge in [0.1, 0.15) is 5.76 Å². The van der Waals surface area contributed by atoms with Gasteiger partial charge in [0.05, 0.1) is 5.92 Å². The van der Waals surface area contributed by atoms with Crippen LogP contribution >= 0.6 is 0 Å². The van der Waals surface area contributed by atoms with Crippen molar-refractivity contribution in [2.24, 2.45) is 5.92 Å². The molecule has 0 saturated carbocycles. The van der Waals surface area contributed by atoms with Crippen LogP contribution < -0.4 is 5.19 Å². The Kier molecular flexibility index (Phi) is 3.62. The van der Waals surface area contributed by atoms with Crippen LogP contribution in [0.15, 0.2) is 53.8 Å². The largest absolute Gasteiger partial charge is 0.508 e. The molecule has 18 heavy (non-hydrogen) atoms. The number of hydrogen-bond donors (Lipinski definition) is 1. The molecule has 1 aromatic rings. The molecule has 0 heterocycles. The fourth-order valence-corrected chi connectivity index (χ4v) is 3.33. The van der Waals surface area contributed by atoms with E-state index in [9.17, 15) is 5.11 Å². The first-order valence-corrected chi connectivity index (χ1v) is 6.72. The SMILES string of the molecule is C#CC1=CC(O)=CC(C#C)C1=[SiH]c1ccccc1. The minimum Gasteiger partial charge on any atom is -0.508 e. The van der Waals surface area contributed by atoms with Crippen molar-refractivity contribution in [1.29, 1.82) is 0 Å². The average molecular weight is 248 g/mol. The molecule has 1 aromatic carbocycles. The molecular weight excluding hydrogens is 236 g/mol. The fourth-order valence-electron chi connectivity index (χ4n) is 1.87. The fraction of sp³-hybridized carbons (Fsp3) is 0.0625. The van der Waals surface area contributed by atoms with Gasteiger partial charge >= 0.3 is 0 Å². The molecule has 1 unspecified atom stereocenters. The molecule has 1 atom stereocenters. The summed E-state index contributed by atoms with van der Waals surface area (Å²) in [6, 6.07) is 10.1. The summed E-state index contributed by atoms with van der Waals surface area (Å²) in [6.45, 7) is 0. The van der Waals surface area contributed by atoms with Crippen LogP contribution in [-0.4, -0.2) is 19.4 Å². The van der Waals surface area contributed by atoms with E-state index >= 15 is 0 Å². The predicted octanol–water partition coefficient (Wildman–Crippen LogP) is 1.19. The number of terminal acetylenes is 2. The highest BCUT2D eigenvalue weighted by Gasteiger charge is 2.18. The van der Waals surface area contributed by atoms with E-state index in [1.165, 1.54) is 5.19 Å². The van der Waals surface area contributed by atoms with E-state index in [2.05, 4.69) is 24.0 Å². The molecule has 1 aliphatic rings. The van der Waals surface area contributed by atoms with E-state index in [1.807, 2.05) is 18.2 Å². The summed E-state index contributed by atoms with van der Waals surface area (Å²) in [5, 5.41) is 11.9. The van der Waals surface area contributed by atoms with Gasteiger partial charge in [-0.15, -0.1) is 12.8 Å². The zero-order valence-corrected chi connectivity index (χ0v) is 11.0. The van der Waals surface area contributed by atoms with Crippen LogP contribution in [0.1, 0.15) is 0 Å². The van der Waals surface area contributed by atoms with Crippen LogP contribution in [0, 0.1) is 30.6 Å². The topological polar surface area (TPSA) is 20.2 Å². The second kappa shape index (κ2) is 5.36. The molecule has 86 valence electrons. The Labute approximate surface area is 109 Å². The lowest BCUT2D eigenvalue weighted by Gasteiger charge is -2.17. The predicted molar refractivity (Wildman–Crippen MR) is 78.2 cm³/mol. The third kappa shape index (κ3) is 2.51. The van der Waals surface area contributed by atoms with Crippen LogP contribution in [-0.2, 0) is 0 Å². The maximum Gasteiger partial charge on any atom is 0.114 e. The van der Waals surface area contributed by atoms with E-state index in [4.69, 9.17) is 12.8 Å². The number of rotatable bonds is 1. The van der Waals surface area contributed by atoms with E-state index in [0.29, 0.717) is 0 Å². The molecule has 0 amide bonds. The summed E-state index contributed by atoms with van der Waals surface area (Å²) in [6.07, 6.45) is 14.3. The van der Waals surface area contributed by atoms with E-state index in [-0.39, 0.29) is 20.8 Å². The standard InChI is InChI=1S/C16H12OSi/c1-3-12-10-14(17)11-13(4-2)16(12)18-15-8-6-5-7-9-15/h1-2,5-12,17-18H. The van der Waals surface area contributed by atoms with Gasteiger partial charge in [-0.25, -0.2) is 0 Å². The zero-order valence-electron chi connectivity index (χ0n) is 9.80. The van der Waals surface area contributed by atoms with Crippen molar-refractivity contribution >= 4 is 19.5 Å². The van der Waals surface area contributed by atoms with Crippen LogP contribution in [0.25, 0.3) is 0 Å². The smallest absolute Gasteiger partial charge is 0.114 e.